The van der Waals surface area contributed by atoms with Crippen LogP contribution in [-0.4, -0.2) is 72.0 Å². The van der Waals surface area contributed by atoms with Gasteiger partial charge in [0.2, 0.25) is 6.41 Å². The third-order valence-electron chi connectivity index (χ3n) is 7.13. The maximum absolute atomic E-state index is 14.3. The minimum atomic E-state index is -0.317. The summed E-state index contributed by atoms with van der Waals surface area (Å²) in [5.74, 6) is 0.835. The number of rotatable bonds is 12. The van der Waals surface area contributed by atoms with Gasteiger partial charge in [-0.15, -0.1) is 0 Å². The molecule has 222 valence electrons. The summed E-state index contributed by atoms with van der Waals surface area (Å²) in [4.78, 5) is 22.4. The van der Waals surface area contributed by atoms with E-state index in [1.54, 1.807) is 19.5 Å². The van der Waals surface area contributed by atoms with Crippen molar-refractivity contribution in [1.29, 1.82) is 0 Å². The van der Waals surface area contributed by atoms with Gasteiger partial charge in [-0.1, -0.05) is 6.08 Å². The van der Waals surface area contributed by atoms with Crippen LogP contribution in [0.15, 0.2) is 66.2 Å². The van der Waals surface area contributed by atoms with E-state index in [1.807, 2.05) is 41.1 Å². The van der Waals surface area contributed by atoms with E-state index in [4.69, 9.17) is 4.74 Å². The Bertz CT molecular complexity index is 1530. The molecule has 0 bridgehead atoms. The lowest BCUT2D eigenvalue weighted by molar-refractivity contribution is -0.109. The number of anilines is 1. The number of ether oxygens (including phenoxy) is 1. The molecule has 1 aliphatic heterocycles. The average molecular weight is 575 g/mol. The number of carbonyl (C=O) groups excluding carboxylic acids is 1. The van der Waals surface area contributed by atoms with Crippen molar-refractivity contribution in [2.45, 2.75) is 32.1 Å². The lowest BCUT2D eigenvalue weighted by atomic mass is 10.1. The van der Waals surface area contributed by atoms with E-state index in [0.717, 1.165) is 52.6 Å². The molecule has 0 unspecified atom stereocenters. The lowest BCUT2D eigenvalue weighted by Crippen LogP contribution is -2.20. The van der Waals surface area contributed by atoms with Gasteiger partial charge in [-0.2, -0.15) is 5.10 Å². The van der Waals surface area contributed by atoms with Crippen LogP contribution >= 0.6 is 0 Å². The van der Waals surface area contributed by atoms with Crippen LogP contribution in [0, 0.1) is 5.82 Å². The highest BCUT2D eigenvalue weighted by molar-refractivity contribution is 6.02. The quantitative estimate of drug-likeness (QED) is 0.0758. The maximum Gasteiger partial charge on any atom is 0.227 e. The van der Waals surface area contributed by atoms with Gasteiger partial charge in [0.1, 0.15) is 17.1 Å². The van der Waals surface area contributed by atoms with E-state index >= 15 is 0 Å². The molecule has 0 spiro atoms. The highest BCUT2D eigenvalue weighted by Gasteiger charge is 2.15. The molecule has 1 amide bonds. The summed E-state index contributed by atoms with van der Waals surface area (Å²) in [6.45, 7) is 4.04. The highest BCUT2D eigenvalue weighted by Crippen LogP contribution is 2.25. The van der Waals surface area contributed by atoms with Crippen molar-refractivity contribution in [1.82, 2.24) is 24.9 Å². The first kappa shape index (κ1) is 30.6. The Morgan fingerprint density at radius 3 is 2.81 bits per heavy atom. The van der Waals surface area contributed by atoms with E-state index in [1.165, 1.54) is 45.1 Å². The van der Waals surface area contributed by atoms with Crippen LogP contribution < -0.4 is 21.2 Å². The van der Waals surface area contributed by atoms with Gasteiger partial charge in [0, 0.05) is 30.4 Å². The number of hydrazone groups is 1. The summed E-state index contributed by atoms with van der Waals surface area (Å²) >= 11 is 0. The molecule has 0 saturated carbocycles. The normalized spacial score (nSPS) is 13.9. The van der Waals surface area contributed by atoms with Gasteiger partial charge in [0.25, 0.3) is 0 Å². The second kappa shape index (κ2) is 15.6. The molecule has 5 rings (SSSR count). The SMILES string of the molecule is CN.COc1cnc2c(NCC/C=C\C(=N/NC=O)n3cc(CCCN4CCCC4)c4ccc(F)cc43)ccnc2c1. The number of nitrogens with two attached hydrogens (primary N) is 1. The van der Waals surface area contributed by atoms with Crippen LogP contribution in [0.25, 0.3) is 21.9 Å². The number of halogens is 1. The second-order valence-corrected chi connectivity index (χ2v) is 9.77. The summed E-state index contributed by atoms with van der Waals surface area (Å²) in [5.41, 5.74) is 11.2. The number of amides is 1. The van der Waals surface area contributed by atoms with E-state index in [-0.39, 0.29) is 5.82 Å². The number of aryl methyl sites for hydroxylation is 1. The summed E-state index contributed by atoms with van der Waals surface area (Å²) in [6, 6.07) is 8.57. The molecular weight excluding hydrogens is 535 g/mol. The molecule has 0 aliphatic carbocycles. The van der Waals surface area contributed by atoms with E-state index < -0.39 is 0 Å². The van der Waals surface area contributed by atoms with E-state index in [0.29, 0.717) is 31.0 Å². The summed E-state index contributed by atoms with van der Waals surface area (Å²) in [7, 11) is 3.10. The fourth-order valence-electron chi connectivity index (χ4n) is 5.17. The Hall–Kier alpha value is -4.35. The van der Waals surface area contributed by atoms with Crippen LogP contribution in [0.4, 0.5) is 10.1 Å². The molecular formula is C31H39FN8O2. The van der Waals surface area contributed by atoms with Crippen molar-refractivity contribution < 1.29 is 13.9 Å². The van der Waals surface area contributed by atoms with Crippen LogP contribution in [0.2, 0.25) is 0 Å². The Kier molecular flexibility index (Phi) is 11.4. The molecule has 4 heterocycles. The first-order valence-corrected chi connectivity index (χ1v) is 14.2. The number of pyridine rings is 2. The minimum Gasteiger partial charge on any atom is -0.495 e. The fourth-order valence-corrected chi connectivity index (χ4v) is 5.17. The number of allylic oxidation sites excluding steroid dienone is 1. The number of nitrogens with one attached hydrogen (secondary N) is 2. The molecule has 0 radical (unpaired) electrons. The second-order valence-electron chi connectivity index (χ2n) is 9.77. The van der Waals surface area contributed by atoms with Gasteiger partial charge < -0.3 is 20.7 Å². The molecule has 1 fully saturated rings. The number of hydrogen-bond donors (Lipinski definition) is 3. The van der Waals surface area contributed by atoms with Crippen molar-refractivity contribution in [2.24, 2.45) is 10.8 Å². The van der Waals surface area contributed by atoms with E-state index in [9.17, 15) is 9.18 Å². The Labute approximate surface area is 245 Å². The first-order valence-electron chi connectivity index (χ1n) is 14.2. The summed E-state index contributed by atoms with van der Waals surface area (Å²) in [5, 5.41) is 8.65. The third kappa shape index (κ3) is 7.68. The predicted molar refractivity (Wildman–Crippen MR) is 166 cm³/mol. The lowest BCUT2D eigenvalue weighted by Gasteiger charge is -2.13. The molecule has 0 atom stereocenters. The highest BCUT2D eigenvalue weighted by atomic mass is 19.1. The number of benzene rings is 1. The Balaban J connectivity index is 0.00000198. The van der Waals surface area contributed by atoms with Gasteiger partial charge in [-0.3, -0.25) is 14.3 Å². The van der Waals surface area contributed by atoms with Crippen molar-refractivity contribution >= 4 is 39.9 Å². The molecule has 1 aromatic carbocycles. The van der Waals surface area contributed by atoms with Gasteiger partial charge in [-0.25, -0.2) is 14.8 Å². The van der Waals surface area contributed by atoms with E-state index in [2.05, 4.69) is 36.4 Å². The number of methoxy groups -OCH3 is 1. The minimum absolute atomic E-state index is 0.317. The zero-order chi connectivity index (χ0) is 29.7. The smallest absolute Gasteiger partial charge is 0.227 e. The number of fused-ring (bicyclic) bond motifs is 2. The topological polar surface area (TPSA) is 123 Å². The molecule has 10 nitrogen and oxygen atoms in total. The van der Waals surface area contributed by atoms with Crippen LogP contribution in [0.3, 0.4) is 0 Å². The first-order chi connectivity index (χ1) is 20.7. The number of likely N-dealkylation sites (tertiary alicyclic amines) is 1. The fraction of sp³-hybridized carbons (Fsp3) is 0.355. The van der Waals surface area contributed by atoms with Crippen molar-refractivity contribution in [3.05, 3.63) is 72.5 Å². The standard InChI is InChI=1S/C30H34FN7O2.CH5N/c1-40-24-18-27-30(34-19-24)26(11-13-33-27)32-12-3-2-8-29(36-35-21-39)38-20-22(7-6-16-37-14-4-5-15-37)25-10-9-23(31)17-28(25)38;1-2/h2,8-11,13,17-21H,3-7,12,14-16H2,1H3,(H,32,33)(H,35,39);2H2,1H3/b8-2-,36-29+;. The molecule has 4 N–H and O–H groups in total. The monoisotopic (exact) mass is 574 g/mol. The summed E-state index contributed by atoms with van der Waals surface area (Å²) in [6.07, 6.45) is 14.9. The van der Waals surface area contributed by atoms with Gasteiger partial charge >= 0.3 is 0 Å². The number of carbonyl (C=O) groups is 1. The molecule has 1 saturated heterocycles. The molecule has 3 aromatic heterocycles. The van der Waals surface area contributed by atoms with Crippen molar-refractivity contribution in [3.63, 3.8) is 0 Å². The van der Waals surface area contributed by atoms with Gasteiger partial charge in [-0.05, 0) is 94.7 Å². The molecule has 42 heavy (non-hydrogen) atoms. The molecule has 4 aromatic rings. The van der Waals surface area contributed by atoms with Gasteiger partial charge in [0.15, 0.2) is 5.84 Å². The Morgan fingerprint density at radius 2 is 2.02 bits per heavy atom. The number of nitrogens with zero attached hydrogens (tertiary/aromatic N) is 5. The van der Waals surface area contributed by atoms with Crippen molar-refractivity contribution in [3.8, 4) is 5.75 Å². The predicted octanol–water partition coefficient (Wildman–Crippen LogP) is 4.30. The Morgan fingerprint density at radius 1 is 1.19 bits per heavy atom. The van der Waals surface area contributed by atoms with Gasteiger partial charge in [0.05, 0.1) is 30.0 Å². The zero-order valence-corrected chi connectivity index (χ0v) is 24.2. The third-order valence-corrected chi connectivity index (χ3v) is 7.13. The van der Waals surface area contributed by atoms with Crippen LogP contribution in [-0.2, 0) is 11.2 Å². The number of aromatic nitrogens is 3. The molecule has 1 aliphatic rings. The maximum atomic E-state index is 14.3. The van der Waals surface area contributed by atoms with Crippen LogP contribution in [0.1, 0.15) is 31.2 Å². The number of hydrogen-bond acceptors (Lipinski definition) is 8. The molecule has 11 heteroatoms. The average Bonchev–Trinajstić information content (AvgIpc) is 3.67. The summed E-state index contributed by atoms with van der Waals surface area (Å²) < 4.78 is 21.4. The van der Waals surface area contributed by atoms with Crippen LogP contribution in [0.5, 0.6) is 5.75 Å². The van der Waals surface area contributed by atoms with Crippen molar-refractivity contribution in [2.75, 3.05) is 45.7 Å². The zero-order valence-electron chi connectivity index (χ0n) is 24.2. The largest absolute Gasteiger partial charge is 0.495 e.